The molecule has 6 nitrogen and oxygen atoms in total. The Morgan fingerprint density at radius 1 is 1.41 bits per heavy atom. The first-order chi connectivity index (χ1) is 12.4. The third kappa shape index (κ3) is 7.73. The maximum absolute atomic E-state index is 11.9. The number of halogens is 2. The van der Waals surface area contributed by atoms with Gasteiger partial charge in [0, 0.05) is 33.6 Å². The summed E-state index contributed by atoms with van der Waals surface area (Å²) in [5.41, 5.74) is 0. The SMILES string of the molecule is CC(C)CNC(=NCC(=O)N(C)C)N1CCC(Oc2ccccc2Cl)C1.I. The molecule has 0 radical (unpaired) electrons. The highest BCUT2D eigenvalue weighted by molar-refractivity contribution is 14.0. The standard InChI is InChI=1S/C19H29ClN4O2.HI/c1-14(2)11-21-19(22-12-18(25)23(3)4)24-10-9-15(13-24)26-17-8-6-5-7-16(17)20;/h5-8,14-15H,9-13H2,1-4H3,(H,21,22);1H. The van der Waals surface area contributed by atoms with Crippen molar-refractivity contribution >= 4 is 47.4 Å². The van der Waals surface area contributed by atoms with Crippen molar-refractivity contribution < 1.29 is 9.53 Å². The summed E-state index contributed by atoms with van der Waals surface area (Å²) in [5.74, 6) is 1.94. The van der Waals surface area contributed by atoms with Crippen LogP contribution in [0.1, 0.15) is 20.3 Å². The van der Waals surface area contributed by atoms with Crippen LogP contribution in [-0.4, -0.2) is 68.0 Å². The molecule has 1 aromatic carbocycles. The Morgan fingerprint density at radius 3 is 2.74 bits per heavy atom. The maximum Gasteiger partial charge on any atom is 0.243 e. The van der Waals surface area contributed by atoms with E-state index >= 15 is 0 Å². The number of carbonyl (C=O) groups is 1. The molecule has 0 aromatic heterocycles. The number of hydrogen-bond acceptors (Lipinski definition) is 3. The van der Waals surface area contributed by atoms with E-state index in [2.05, 4.69) is 29.1 Å². The third-order valence-corrected chi connectivity index (χ3v) is 4.42. The van der Waals surface area contributed by atoms with Gasteiger partial charge in [0.05, 0.1) is 11.6 Å². The van der Waals surface area contributed by atoms with Gasteiger partial charge in [-0.1, -0.05) is 37.6 Å². The molecule has 0 saturated carbocycles. The van der Waals surface area contributed by atoms with Gasteiger partial charge in [-0.05, 0) is 18.1 Å². The molecule has 152 valence electrons. The molecule has 1 aromatic rings. The second-order valence-electron chi connectivity index (χ2n) is 7.11. The quantitative estimate of drug-likeness (QED) is 0.364. The van der Waals surface area contributed by atoms with Crippen LogP contribution in [-0.2, 0) is 4.79 Å². The number of para-hydroxylation sites is 1. The topological polar surface area (TPSA) is 57.2 Å². The van der Waals surface area contributed by atoms with Gasteiger partial charge in [0.1, 0.15) is 18.4 Å². The number of nitrogens with zero attached hydrogens (tertiary/aromatic N) is 3. The number of aliphatic imine (C=N–C) groups is 1. The summed E-state index contributed by atoms with van der Waals surface area (Å²) < 4.78 is 6.04. The van der Waals surface area contributed by atoms with Crippen LogP contribution >= 0.6 is 35.6 Å². The van der Waals surface area contributed by atoms with Gasteiger partial charge in [-0.3, -0.25) is 4.79 Å². The Bertz CT molecular complexity index is 640. The predicted molar refractivity (Wildman–Crippen MR) is 121 cm³/mol. The average Bonchev–Trinajstić information content (AvgIpc) is 3.04. The summed E-state index contributed by atoms with van der Waals surface area (Å²) in [7, 11) is 3.48. The van der Waals surface area contributed by atoms with Crippen LogP contribution < -0.4 is 10.1 Å². The molecule has 27 heavy (non-hydrogen) atoms. The first kappa shape index (κ1) is 23.8. The number of nitrogens with one attached hydrogen (secondary N) is 1. The van der Waals surface area contributed by atoms with Gasteiger partial charge in [0.15, 0.2) is 5.96 Å². The number of amides is 1. The highest BCUT2D eigenvalue weighted by Gasteiger charge is 2.27. The van der Waals surface area contributed by atoms with Crippen LogP contribution in [0.25, 0.3) is 0 Å². The summed E-state index contributed by atoms with van der Waals surface area (Å²) in [6.07, 6.45) is 0.931. The molecule has 1 heterocycles. The van der Waals surface area contributed by atoms with E-state index in [0.717, 1.165) is 25.5 Å². The van der Waals surface area contributed by atoms with Crippen molar-refractivity contribution in [2.45, 2.75) is 26.4 Å². The molecule has 1 atom stereocenters. The zero-order valence-corrected chi connectivity index (χ0v) is 19.5. The molecular weight excluding hydrogens is 479 g/mol. The van der Waals surface area contributed by atoms with E-state index in [1.165, 1.54) is 0 Å². The predicted octanol–water partition coefficient (Wildman–Crippen LogP) is 3.10. The lowest BCUT2D eigenvalue weighted by Crippen LogP contribution is -2.43. The van der Waals surface area contributed by atoms with Crippen molar-refractivity contribution in [3.63, 3.8) is 0 Å². The number of guanidine groups is 1. The lowest BCUT2D eigenvalue weighted by Gasteiger charge is -2.23. The molecule has 1 fully saturated rings. The molecule has 2 rings (SSSR count). The molecule has 1 amide bonds. The number of hydrogen-bond donors (Lipinski definition) is 1. The fourth-order valence-corrected chi connectivity index (χ4v) is 2.76. The van der Waals surface area contributed by atoms with E-state index in [-0.39, 0.29) is 42.5 Å². The van der Waals surface area contributed by atoms with E-state index in [4.69, 9.17) is 16.3 Å². The number of likely N-dealkylation sites (N-methyl/N-ethyl adjacent to an activating group) is 1. The van der Waals surface area contributed by atoms with E-state index in [1.54, 1.807) is 19.0 Å². The molecule has 1 saturated heterocycles. The van der Waals surface area contributed by atoms with Gasteiger partial charge in [-0.25, -0.2) is 4.99 Å². The molecule has 1 aliphatic heterocycles. The number of benzene rings is 1. The second-order valence-corrected chi connectivity index (χ2v) is 7.51. The number of carbonyl (C=O) groups excluding carboxylic acids is 1. The van der Waals surface area contributed by atoms with Crippen LogP contribution in [0, 0.1) is 5.92 Å². The minimum Gasteiger partial charge on any atom is -0.487 e. The third-order valence-electron chi connectivity index (χ3n) is 4.11. The first-order valence-electron chi connectivity index (χ1n) is 9.01. The molecule has 0 aliphatic carbocycles. The summed E-state index contributed by atoms with van der Waals surface area (Å²) in [6, 6.07) is 7.51. The number of rotatable bonds is 6. The van der Waals surface area contributed by atoms with Gasteiger partial charge in [-0.15, -0.1) is 24.0 Å². The molecule has 1 aliphatic rings. The monoisotopic (exact) mass is 508 g/mol. The Labute approximate surface area is 184 Å². The van der Waals surface area contributed by atoms with Crippen molar-refractivity contribution in [2.75, 3.05) is 40.3 Å². The van der Waals surface area contributed by atoms with Crippen molar-refractivity contribution in [3.05, 3.63) is 29.3 Å². The van der Waals surface area contributed by atoms with Crippen LogP contribution in [0.5, 0.6) is 5.75 Å². The largest absolute Gasteiger partial charge is 0.487 e. The zero-order chi connectivity index (χ0) is 19.1. The number of likely N-dealkylation sites (tertiary alicyclic amines) is 1. The average molecular weight is 509 g/mol. The number of ether oxygens (including phenoxy) is 1. The minimum absolute atomic E-state index is 0. The summed E-state index contributed by atoms with van der Waals surface area (Å²) in [6.45, 7) is 6.77. The molecule has 0 bridgehead atoms. The lowest BCUT2D eigenvalue weighted by molar-refractivity contribution is -0.127. The first-order valence-corrected chi connectivity index (χ1v) is 9.39. The van der Waals surface area contributed by atoms with Gasteiger partial charge in [0.2, 0.25) is 5.91 Å². The highest BCUT2D eigenvalue weighted by atomic mass is 127. The molecular formula is C19H30ClIN4O2. The van der Waals surface area contributed by atoms with Crippen molar-refractivity contribution in [2.24, 2.45) is 10.9 Å². The summed E-state index contributed by atoms with van der Waals surface area (Å²) >= 11 is 6.18. The highest BCUT2D eigenvalue weighted by Crippen LogP contribution is 2.26. The molecule has 8 heteroatoms. The van der Waals surface area contributed by atoms with Gasteiger partial charge < -0.3 is 19.9 Å². The van der Waals surface area contributed by atoms with E-state index in [0.29, 0.717) is 23.2 Å². The van der Waals surface area contributed by atoms with E-state index < -0.39 is 0 Å². The van der Waals surface area contributed by atoms with E-state index in [9.17, 15) is 4.79 Å². The minimum atomic E-state index is -0.0167. The van der Waals surface area contributed by atoms with Gasteiger partial charge in [0.25, 0.3) is 0 Å². The zero-order valence-electron chi connectivity index (χ0n) is 16.4. The van der Waals surface area contributed by atoms with Gasteiger partial charge >= 0.3 is 0 Å². The molecule has 1 unspecified atom stereocenters. The Balaban J connectivity index is 0.00000364. The van der Waals surface area contributed by atoms with E-state index in [1.807, 2.05) is 24.3 Å². The Morgan fingerprint density at radius 2 is 2.11 bits per heavy atom. The van der Waals surface area contributed by atoms with Crippen LogP contribution in [0.15, 0.2) is 29.3 Å². The fourth-order valence-electron chi connectivity index (χ4n) is 2.58. The maximum atomic E-state index is 11.9. The van der Waals surface area contributed by atoms with Crippen LogP contribution in [0.2, 0.25) is 5.02 Å². The lowest BCUT2D eigenvalue weighted by atomic mass is 10.2. The normalized spacial score (nSPS) is 16.9. The van der Waals surface area contributed by atoms with Crippen molar-refractivity contribution in [1.82, 2.24) is 15.1 Å². The fraction of sp³-hybridized carbons (Fsp3) is 0.579. The van der Waals surface area contributed by atoms with Gasteiger partial charge in [-0.2, -0.15) is 0 Å². The second kappa shape index (κ2) is 11.6. The summed E-state index contributed by atoms with van der Waals surface area (Å²) in [4.78, 5) is 20.1. The van der Waals surface area contributed by atoms with Crippen molar-refractivity contribution in [3.8, 4) is 5.75 Å². The van der Waals surface area contributed by atoms with Crippen LogP contribution in [0.3, 0.4) is 0 Å². The molecule has 0 spiro atoms. The Kier molecular flexibility index (Phi) is 10.2. The molecule has 1 N–H and O–H groups in total. The summed E-state index contributed by atoms with van der Waals surface area (Å²) in [5, 5.41) is 3.99. The Hall–Kier alpha value is -1.22. The van der Waals surface area contributed by atoms with Crippen molar-refractivity contribution in [1.29, 1.82) is 0 Å². The smallest absolute Gasteiger partial charge is 0.243 e. The van der Waals surface area contributed by atoms with Crippen LogP contribution in [0.4, 0.5) is 0 Å².